The SMILES string of the molecule is COCCNc1ccc2c(c1)[C@H](NC[C@H](O)[C@H](Cc1ccccc1)NC(C)=O)CC(C)(C)C2=O. The van der Waals surface area contributed by atoms with E-state index in [-0.39, 0.29) is 24.3 Å². The molecule has 7 heteroatoms. The van der Waals surface area contributed by atoms with E-state index in [1.807, 2.05) is 62.4 Å². The van der Waals surface area contributed by atoms with Crippen molar-refractivity contribution in [1.29, 1.82) is 0 Å². The first-order chi connectivity index (χ1) is 16.2. The zero-order chi connectivity index (χ0) is 24.7. The predicted molar refractivity (Wildman–Crippen MR) is 134 cm³/mol. The lowest BCUT2D eigenvalue weighted by Gasteiger charge is -2.37. The maximum Gasteiger partial charge on any atom is 0.217 e. The van der Waals surface area contributed by atoms with Crippen molar-refractivity contribution in [3.63, 3.8) is 0 Å². The Morgan fingerprint density at radius 3 is 2.62 bits per heavy atom. The maximum absolute atomic E-state index is 13.1. The maximum atomic E-state index is 13.1. The van der Waals surface area contributed by atoms with E-state index < -0.39 is 17.6 Å². The van der Waals surface area contributed by atoms with Gasteiger partial charge in [-0.15, -0.1) is 0 Å². The summed E-state index contributed by atoms with van der Waals surface area (Å²) in [7, 11) is 1.66. The minimum atomic E-state index is -0.795. The number of hydrogen-bond acceptors (Lipinski definition) is 6. The second-order valence-corrected chi connectivity index (χ2v) is 9.66. The van der Waals surface area contributed by atoms with E-state index in [4.69, 9.17) is 4.74 Å². The molecule has 34 heavy (non-hydrogen) atoms. The van der Waals surface area contributed by atoms with E-state index in [1.54, 1.807) is 7.11 Å². The van der Waals surface area contributed by atoms with Crippen molar-refractivity contribution < 1.29 is 19.4 Å². The molecule has 0 bridgehead atoms. The molecule has 0 aromatic heterocycles. The first-order valence-electron chi connectivity index (χ1n) is 11.9. The minimum absolute atomic E-state index is 0.101. The number of hydrogen-bond donors (Lipinski definition) is 4. The molecule has 0 saturated heterocycles. The van der Waals surface area contributed by atoms with Crippen LogP contribution in [0, 0.1) is 5.41 Å². The number of carbonyl (C=O) groups excluding carboxylic acids is 2. The predicted octanol–water partition coefficient (Wildman–Crippen LogP) is 3.10. The number of ketones is 1. The Morgan fingerprint density at radius 2 is 1.94 bits per heavy atom. The summed E-state index contributed by atoms with van der Waals surface area (Å²) in [6, 6.07) is 15.1. The van der Waals surface area contributed by atoms with Crippen LogP contribution in [0.4, 0.5) is 5.69 Å². The van der Waals surface area contributed by atoms with Crippen molar-refractivity contribution in [2.75, 3.05) is 32.1 Å². The molecule has 0 fully saturated rings. The molecule has 0 spiro atoms. The minimum Gasteiger partial charge on any atom is -0.390 e. The highest BCUT2D eigenvalue weighted by Crippen LogP contribution is 2.41. The van der Waals surface area contributed by atoms with Crippen LogP contribution in [0.2, 0.25) is 0 Å². The summed E-state index contributed by atoms with van der Waals surface area (Å²) in [6.45, 7) is 6.93. The quantitative estimate of drug-likeness (QED) is 0.379. The summed E-state index contributed by atoms with van der Waals surface area (Å²) in [5.41, 5.74) is 3.10. The first kappa shape index (κ1) is 25.9. The topological polar surface area (TPSA) is 99.7 Å². The molecule has 1 aliphatic carbocycles. The van der Waals surface area contributed by atoms with Crippen molar-refractivity contribution in [3.05, 3.63) is 65.2 Å². The summed E-state index contributed by atoms with van der Waals surface area (Å²) >= 11 is 0. The third kappa shape index (κ3) is 6.65. The van der Waals surface area contributed by atoms with Crippen LogP contribution in [0.5, 0.6) is 0 Å². The lowest BCUT2D eigenvalue weighted by molar-refractivity contribution is -0.120. The second kappa shape index (κ2) is 11.6. The molecule has 0 saturated carbocycles. The fourth-order valence-corrected chi connectivity index (χ4v) is 4.54. The molecule has 3 rings (SSSR count). The third-order valence-corrected chi connectivity index (χ3v) is 6.36. The zero-order valence-electron chi connectivity index (χ0n) is 20.6. The number of fused-ring (bicyclic) bond motifs is 1. The van der Waals surface area contributed by atoms with Crippen molar-refractivity contribution in [2.24, 2.45) is 5.41 Å². The molecule has 0 radical (unpaired) electrons. The number of amides is 1. The summed E-state index contributed by atoms with van der Waals surface area (Å²) in [4.78, 5) is 24.9. The van der Waals surface area contributed by atoms with Gasteiger partial charge in [-0.1, -0.05) is 44.2 Å². The van der Waals surface area contributed by atoms with E-state index in [0.29, 0.717) is 31.6 Å². The largest absolute Gasteiger partial charge is 0.390 e. The van der Waals surface area contributed by atoms with Gasteiger partial charge in [-0.2, -0.15) is 0 Å². The Hall–Kier alpha value is -2.74. The Bertz CT molecular complexity index is 977. The van der Waals surface area contributed by atoms with Gasteiger partial charge in [-0.25, -0.2) is 0 Å². The highest BCUT2D eigenvalue weighted by atomic mass is 16.5. The molecule has 1 aliphatic rings. The van der Waals surface area contributed by atoms with Crippen LogP contribution < -0.4 is 16.0 Å². The molecule has 2 aromatic rings. The molecule has 0 heterocycles. The zero-order valence-corrected chi connectivity index (χ0v) is 20.6. The highest BCUT2D eigenvalue weighted by Gasteiger charge is 2.39. The molecule has 0 aliphatic heterocycles. The third-order valence-electron chi connectivity index (χ3n) is 6.36. The van der Waals surface area contributed by atoms with Gasteiger partial charge < -0.3 is 25.8 Å². The molecular weight excluding hydrogens is 430 g/mol. The summed E-state index contributed by atoms with van der Waals surface area (Å²) in [5.74, 6) is -0.0498. The van der Waals surface area contributed by atoms with Gasteiger partial charge in [0.25, 0.3) is 0 Å². The molecule has 7 nitrogen and oxygen atoms in total. The van der Waals surface area contributed by atoms with Crippen molar-refractivity contribution >= 4 is 17.4 Å². The van der Waals surface area contributed by atoms with Gasteiger partial charge >= 0.3 is 0 Å². The van der Waals surface area contributed by atoms with Crippen LogP contribution in [0.1, 0.15) is 54.7 Å². The van der Waals surface area contributed by atoms with E-state index in [2.05, 4.69) is 16.0 Å². The van der Waals surface area contributed by atoms with Gasteiger partial charge in [0.2, 0.25) is 5.91 Å². The van der Waals surface area contributed by atoms with Gasteiger partial charge in [0.15, 0.2) is 5.78 Å². The fraction of sp³-hybridized carbons (Fsp3) is 0.481. The Labute approximate surface area is 202 Å². The number of rotatable bonds is 11. The smallest absolute Gasteiger partial charge is 0.217 e. The van der Waals surface area contributed by atoms with Gasteiger partial charge in [0.1, 0.15) is 0 Å². The number of Topliss-reactive ketones (excluding diaryl/α,β-unsaturated/α-hetero) is 1. The average Bonchev–Trinajstić information content (AvgIpc) is 2.80. The van der Waals surface area contributed by atoms with Crippen LogP contribution in [-0.4, -0.2) is 55.7 Å². The number of aliphatic hydroxyl groups excluding tert-OH is 1. The number of anilines is 1. The van der Waals surface area contributed by atoms with Crippen LogP contribution in [0.25, 0.3) is 0 Å². The van der Waals surface area contributed by atoms with E-state index in [9.17, 15) is 14.7 Å². The summed E-state index contributed by atoms with van der Waals surface area (Å²) < 4.78 is 5.11. The number of ether oxygens (including phenoxy) is 1. The summed E-state index contributed by atoms with van der Waals surface area (Å²) in [5, 5.41) is 20.7. The number of methoxy groups -OCH3 is 1. The van der Waals surface area contributed by atoms with Crippen molar-refractivity contribution in [3.8, 4) is 0 Å². The Balaban J connectivity index is 1.76. The molecular formula is C27H37N3O4. The lowest BCUT2D eigenvalue weighted by atomic mass is 9.71. The summed E-state index contributed by atoms with van der Waals surface area (Å²) in [6.07, 6.45) is 0.356. The lowest BCUT2D eigenvalue weighted by Crippen LogP contribution is -2.49. The van der Waals surface area contributed by atoms with Crippen LogP contribution in [-0.2, 0) is 16.0 Å². The van der Waals surface area contributed by atoms with Crippen molar-refractivity contribution in [1.82, 2.24) is 10.6 Å². The molecule has 2 aromatic carbocycles. The fourth-order valence-electron chi connectivity index (χ4n) is 4.54. The molecule has 1 amide bonds. The van der Waals surface area contributed by atoms with Crippen LogP contribution in [0.3, 0.4) is 0 Å². The number of carbonyl (C=O) groups is 2. The Morgan fingerprint density at radius 1 is 1.21 bits per heavy atom. The van der Waals surface area contributed by atoms with Crippen LogP contribution >= 0.6 is 0 Å². The van der Waals surface area contributed by atoms with Gasteiger partial charge in [-0.05, 0) is 42.2 Å². The van der Waals surface area contributed by atoms with Crippen LogP contribution in [0.15, 0.2) is 48.5 Å². The number of nitrogens with one attached hydrogen (secondary N) is 3. The monoisotopic (exact) mass is 467 g/mol. The molecule has 4 N–H and O–H groups in total. The van der Waals surface area contributed by atoms with Gasteiger partial charge in [-0.3, -0.25) is 9.59 Å². The number of aliphatic hydroxyl groups is 1. The second-order valence-electron chi connectivity index (χ2n) is 9.66. The average molecular weight is 468 g/mol. The number of benzene rings is 2. The highest BCUT2D eigenvalue weighted by molar-refractivity contribution is 6.03. The van der Waals surface area contributed by atoms with Gasteiger partial charge in [0, 0.05) is 49.8 Å². The molecule has 0 unspecified atom stereocenters. The van der Waals surface area contributed by atoms with Gasteiger partial charge in [0.05, 0.1) is 18.8 Å². The first-order valence-corrected chi connectivity index (χ1v) is 11.9. The standard InChI is InChI=1S/C27H37N3O4/c1-18(31)30-23(14-19-8-6-5-7-9-19)25(32)17-29-24-16-27(2,3)26(33)21-11-10-20(15-22(21)24)28-12-13-34-4/h5-11,15,23-25,28-29,32H,12-14,16-17H2,1-4H3,(H,30,31)/t23-,24+,25-/m0/s1. The Kier molecular flexibility index (Phi) is 8.83. The normalized spacial score (nSPS) is 18.6. The molecule has 184 valence electrons. The molecule has 3 atom stereocenters. The van der Waals surface area contributed by atoms with E-state index >= 15 is 0 Å². The van der Waals surface area contributed by atoms with E-state index in [1.165, 1.54) is 6.92 Å². The van der Waals surface area contributed by atoms with Crippen molar-refractivity contribution in [2.45, 2.75) is 51.8 Å². The van der Waals surface area contributed by atoms with E-state index in [0.717, 1.165) is 16.8 Å².